The predicted octanol–water partition coefficient (Wildman–Crippen LogP) is 2.08. The van der Waals surface area contributed by atoms with Gasteiger partial charge < -0.3 is 14.8 Å². The van der Waals surface area contributed by atoms with E-state index in [1.807, 2.05) is 18.2 Å². The minimum atomic E-state index is -0.494. The zero-order valence-electron chi connectivity index (χ0n) is 11.4. The molecule has 1 unspecified atom stereocenters. The van der Waals surface area contributed by atoms with Crippen LogP contribution in [0.4, 0.5) is 0 Å². The summed E-state index contributed by atoms with van der Waals surface area (Å²) in [4.78, 5) is 11.9. The number of hydrogen-bond donors (Lipinski definition) is 1. The van der Waals surface area contributed by atoms with E-state index in [2.05, 4.69) is 12.2 Å². The molecule has 0 aromatic heterocycles. The van der Waals surface area contributed by atoms with Crippen LogP contribution in [0.15, 0.2) is 18.2 Å². The average molecular weight is 251 g/mol. The van der Waals surface area contributed by atoms with Gasteiger partial charge in [-0.1, -0.05) is 13.0 Å². The Morgan fingerprint density at radius 3 is 2.61 bits per heavy atom. The van der Waals surface area contributed by atoms with E-state index in [0.29, 0.717) is 12.4 Å². The lowest BCUT2D eigenvalue weighted by atomic mass is 10.0. The summed E-state index contributed by atoms with van der Waals surface area (Å²) in [5.41, 5.74) is 1.98. The van der Waals surface area contributed by atoms with Gasteiger partial charge in [-0.2, -0.15) is 0 Å². The molecule has 0 aliphatic rings. The summed E-state index contributed by atoms with van der Waals surface area (Å²) >= 11 is 0. The van der Waals surface area contributed by atoms with Crippen LogP contribution >= 0.6 is 0 Å². The smallest absolute Gasteiger partial charge is 0.327 e. The fourth-order valence-electron chi connectivity index (χ4n) is 1.86. The van der Waals surface area contributed by atoms with Crippen LogP contribution in [0.5, 0.6) is 5.75 Å². The van der Waals surface area contributed by atoms with Crippen LogP contribution in [-0.4, -0.2) is 26.7 Å². The van der Waals surface area contributed by atoms with Crippen LogP contribution in [0.1, 0.15) is 31.0 Å². The molecule has 1 N–H and O–H groups in total. The van der Waals surface area contributed by atoms with Crippen molar-refractivity contribution in [2.45, 2.75) is 26.3 Å². The highest BCUT2D eigenvalue weighted by Crippen LogP contribution is 2.27. The third kappa shape index (κ3) is 3.23. The first kappa shape index (κ1) is 14.5. The number of methoxy groups -OCH3 is 1. The Labute approximate surface area is 108 Å². The standard InChI is InChI=1S/C14H21NO3/c1-5-10-7-8-12(17-4)11(9-10)13(15-3)14(16)18-6-2/h7-9,13,15H,5-6H2,1-4H3. The summed E-state index contributed by atoms with van der Waals surface area (Å²) in [6, 6.07) is 5.38. The van der Waals surface area contributed by atoms with Gasteiger partial charge in [-0.05, 0) is 38.1 Å². The first-order chi connectivity index (χ1) is 8.67. The van der Waals surface area contributed by atoms with E-state index in [1.54, 1.807) is 21.1 Å². The highest BCUT2D eigenvalue weighted by molar-refractivity contribution is 5.78. The van der Waals surface area contributed by atoms with Gasteiger partial charge in [-0.3, -0.25) is 0 Å². The molecule has 100 valence electrons. The number of ether oxygens (including phenoxy) is 2. The summed E-state index contributed by atoms with van der Waals surface area (Å²) in [7, 11) is 3.34. The second-order valence-corrected chi connectivity index (χ2v) is 3.90. The van der Waals surface area contributed by atoms with Gasteiger partial charge >= 0.3 is 5.97 Å². The fraction of sp³-hybridized carbons (Fsp3) is 0.500. The lowest BCUT2D eigenvalue weighted by Gasteiger charge is -2.18. The second-order valence-electron chi connectivity index (χ2n) is 3.90. The Kier molecular flexibility index (Phi) is 5.65. The maximum Gasteiger partial charge on any atom is 0.327 e. The van der Waals surface area contributed by atoms with E-state index < -0.39 is 6.04 Å². The molecule has 0 bridgehead atoms. The molecule has 0 saturated carbocycles. The van der Waals surface area contributed by atoms with Gasteiger partial charge in [0.2, 0.25) is 0 Å². The number of carbonyl (C=O) groups excluding carboxylic acids is 1. The van der Waals surface area contributed by atoms with Crippen molar-refractivity contribution >= 4 is 5.97 Å². The molecule has 1 aromatic rings. The summed E-state index contributed by atoms with van der Waals surface area (Å²) in [5, 5.41) is 2.97. The molecule has 18 heavy (non-hydrogen) atoms. The van der Waals surface area contributed by atoms with Gasteiger partial charge in [0.15, 0.2) is 0 Å². The van der Waals surface area contributed by atoms with Gasteiger partial charge in [0, 0.05) is 5.56 Å². The molecule has 1 aromatic carbocycles. The van der Waals surface area contributed by atoms with Crippen molar-refractivity contribution in [2.75, 3.05) is 20.8 Å². The molecular formula is C14H21NO3. The molecule has 0 heterocycles. The maximum absolute atomic E-state index is 11.9. The molecular weight excluding hydrogens is 230 g/mol. The molecule has 0 aliphatic carbocycles. The SMILES string of the molecule is CCOC(=O)C(NC)c1cc(CC)ccc1OC. The van der Waals surface area contributed by atoms with Crippen molar-refractivity contribution in [3.63, 3.8) is 0 Å². The van der Waals surface area contributed by atoms with Crippen molar-refractivity contribution in [1.29, 1.82) is 0 Å². The highest BCUT2D eigenvalue weighted by atomic mass is 16.5. The topological polar surface area (TPSA) is 47.6 Å². The summed E-state index contributed by atoms with van der Waals surface area (Å²) in [6.07, 6.45) is 0.913. The molecule has 0 fully saturated rings. The Hall–Kier alpha value is -1.55. The Morgan fingerprint density at radius 1 is 1.39 bits per heavy atom. The number of rotatable bonds is 6. The number of carbonyl (C=O) groups is 1. The monoisotopic (exact) mass is 251 g/mol. The third-order valence-electron chi connectivity index (χ3n) is 2.82. The normalized spacial score (nSPS) is 12.0. The van der Waals surface area contributed by atoms with Crippen molar-refractivity contribution in [2.24, 2.45) is 0 Å². The fourth-order valence-corrected chi connectivity index (χ4v) is 1.86. The van der Waals surface area contributed by atoms with E-state index in [1.165, 1.54) is 0 Å². The molecule has 0 radical (unpaired) electrons. The second kappa shape index (κ2) is 7.01. The molecule has 0 amide bonds. The van der Waals surface area contributed by atoms with Crippen LogP contribution in [0.2, 0.25) is 0 Å². The van der Waals surface area contributed by atoms with Crippen molar-refractivity contribution in [3.8, 4) is 5.75 Å². The van der Waals surface area contributed by atoms with Crippen LogP contribution in [0.25, 0.3) is 0 Å². The first-order valence-corrected chi connectivity index (χ1v) is 6.18. The number of nitrogens with one attached hydrogen (secondary N) is 1. The van der Waals surface area contributed by atoms with Crippen molar-refractivity contribution < 1.29 is 14.3 Å². The number of likely N-dealkylation sites (N-methyl/N-ethyl adjacent to an activating group) is 1. The van der Waals surface area contributed by atoms with Gasteiger partial charge in [-0.25, -0.2) is 4.79 Å². The van der Waals surface area contributed by atoms with E-state index in [-0.39, 0.29) is 5.97 Å². The van der Waals surface area contributed by atoms with E-state index >= 15 is 0 Å². The minimum Gasteiger partial charge on any atom is -0.496 e. The molecule has 4 heteroatoms. The third-order valence-corrected chi connectivity index (χ3v) is 2.82. The molecule has 4 nitrogen and oxygen atoms in total. The van der Waals surface area contributed by atoms with Crippen molar-refractivity contribution in [1.82, 2.24) is 5.32 Å². The number of benzene rings is 1. The van der Waals surface area contributed by atoms with Gasteiger partial charge in [0.05, 0.1) is 13.7 Å². The zero-order chi connectivity index (χ0) is 13.5. The quantitative estimate of drug-likeness (QED) is 0.786. The number of aryl methyl sites for hydroxylation is 1. The largest absolute Gasteiger partial charge is 0.496 e. The maximum atomic E-state index is 11.9. The molecule has 0 aliphatic heterocycles. The van der Waals surface area contributed by atoms with Gasteiger partial charge in [0.1, 0.15) is 11.8 Å². The summed E-state index contributed by atoms with van der Waals surface area (Å²) in [6.45, 7) is 4.24. The average Bonchev–Trinajstić information content (AvgIpc) is 2.39. The Morgan fingerprint density at radius 2 is 2.11 bits per heavy atom. The van der Waals surface area contributed by atoms with E-state index in [0.717, 1.165) is 17.5 Å². The Balaban J connectivity index is 3.13. The molecule has 1 rings (SSSR count). The van der Waals surface area contributed by atoms with Crippen molar-refractivity contribution in [3.05, 3.63) is 29.3 Å². The van der Waals surface area contributed by atoms with Gasteiger partial charge in [0.25, 0.3) is 0 Å². The zero-order valence-corrected chi connectivity index (χ0v) is 11.4. The molecule has 0 spiro atoms. The lowest BCUT2D eigenvalue weighted by Crippen LogP contribution is -2.27. The minimum absolute atomic E-state index is 0.286. The summed E-state index contributed by atoms with van der Waals surface area (Å²) in [5.74, 6) is 0.408. The lowest BCUT2D eigenvalue weighted by molar-refractivity contribution is -0.145. The molecule has 1 atom stereocenters. The van der Waals surface area contributed by atoms with Crippen LogP contribution < -0.4 is 10.1 Å². The highest BCUT2D eigenvalue weighted by Gasteiger charge is 2.23. The van der Waals surface area contributed by atoms with Crippen LogP contribution in [0.3, 0.4) is 0 Å². The predicted molar refractivity (Wildman–Crippen MR) is 70.8 cm³/mol. The molecule has 0 saturated heterocycles. The van der Waals surface area contributed by atoms with Crippen LogP contribution in [0, 0.1) is 0 Å². The number of esters is 1. The summed E-state index contributed by atoms with van der Waals surface area (Å²) < 4.78 is 10.4. The number of hydrogen-bond acceptors (Lipinski definition) is 4. The van der Waals surface area contributed by atoms with E-state index in [9.17, 15) is 4.79 Å². The van der Waals surface area contributed by atoms with Gasteiger partial charge in [-0.15, -0.1) is 0 Å². The van der Waals surface area contributed by atoms with Crippen LogP contribution in [-0.2, 0) is 16.0 Å². The van der Waals surface area contributed by atoms with E-state index in [4.69, 9.17) is 9.47 Å². The first-order valence-electron chi connectivity index (χ1n) is 6.18. The Bertz CT molecular complexity index is 404.